The van der Waals surface area contributed by atoms with Crippen molar-refractivity contribution in [3.63, 3.8) is 0 Å². The third-order valence-corrected chi connectivity index (χ3v) is 12.4. The Kier molecular flexibility index (Phi) is 14.2. The predicted octanol–water partition coefficient (Wildman–Crippen LogP) is 2.82. The topological polar surface area (TPSA) is 92.3 Å². The van der Waals surface area contributed by atoms with Crippen LogP contribution >= 0.6 is 0 Å². The first kappa shape index (κ1) is 30.1. The van der Waals surface area contributed by atoms with E-state index in [-0.39, 0.29) is 11.1 Å². The fourth-order valence-electron chi connectivity index (χ4n) is 3.94. The highest BCUT2D eigenvalue weighted by Gasteiger charge is 2.45. The zero-order valence-electron chi connectivity index (χ0n) is 21.1. The van der Waals surface area contributed by atoms with Crippen LogP contribution < -0.4 is 0 Å². The van der Waals surface area contributed by atoms with Gasteiger partial charge in [-0.3, -0.25) is 0 Å². The highest BCUT2D eigenvalue weighted by molar-refractivity contribution is 6.62. The van der Waals surface area contributed by atoms with Crippen LogP contribution in [-0.4, -0.2) is 99.3 Å². The lowest BCUT2D eigenvalue weighted by Crippen LogP contribution is -2.47. The Bertz CT molecular complexity index is 417. The van der Waals surface area contributed by atoms with E-state index in [1.54, 1.807) is 42.7 Å². The molecule has 2 fully saturated rings. The van der Waals surface area contributed by atoms with E-state index in [0.29, 0.717) is 26.4 Å². The van der Waals surface area contributed by atoms with E-state index in [1.165, 1.54) is 0 Å². The minimum atomic E-state index is -2.58. The molecule has 0 aromatic heterocycles. The fourth-order valence-corrected chi connectivity index (χ4v) is 8.29. The molecule has 0 radical (unpaired) electrons. The summed E-state index contributed by atoms with van der Waals surface area (Å²) in [5, 5.41) is 0. The smallest absolute Gasteiger partial charge is 0.381 e. The molecule has 1 spiro atoms. The summed E-state index contributed by atoms with van der Waals surface area (Å²) in [6, 6.07) is 0. The van der Waals surface area contributed by atoms with Gasteiger partial charge in [-0.2, -0.15) is 0 Å². The average Bonchev–Trinajstić information content (AvgIpc) is 3.49. The molecule has 0 N–H and O–H groups in total. The zero-order valence-corrected chi connectivity index (χ0v) is 23.1. The Morgan fingerprint density at radius 2 is 1.03 bits per heavy atom. The maximum atomic E-state index is 5.74. The summed E-state index contributed by atoms with van der Waals surface area (Å²) in [4.78, 5) is 0. The molecule has 2 saturated heterocycles. The summed E-state index contributed by atoms with van der Waals surface area (Å²) in [5.41, 5.74) is 0.343. The number of rotatable bonds is 14. The van der Waals surface area contributed by atoms with Gasteiger partial charge in [-0.05, 0) is 19.3 Å². The van der Waals surface area contributed by atoms with Crippen LogP contribution in [0.3, 0.4) is 0 Å². The molecule has 2 atom stereocenters. The van der Waals surface area contributed by atoms with Gasteiger partial charge >= 0.3 is 17.6 Å². The van der Waals surface area contributed by atoms with E-state index in [9.17, 15) is 0 Å². The van der Waals surface area contributed by atoms with Gasteiger partial charge in [0, 0.05) is 73.4 Å². The lowest BCUT2D eigenvalue weighted by Gasteiger charge is -2.31. The largest absolute Gasteiger partial charge is 0.503 e. The van der Waals surface area contributed by atoms with Gasteiger partial charge in [-0.15, -0.1) is 0 Å². The Hall–Kier alpha value is 0.0338. The molecule has 2 heterocycles. The van der Waals surface area contributed by atoms with Crippen LogP contribution in [-0.2, 0) is 45.5 Å². The second-order valence-corrected chi connectivity index (χ2v) is 14.6. The summed E-state index contributed by atoms with van der Waals surface area (Å²) in [6.45, 7) is 7.52. The molecule has 10 nitrogen and oxygen atoms in total. The van der Waals surface area contributed by atoms with Crippen molar-refractivity contribution in [3.05, 3.63) is 0 Å². The monoisotopic (exact) mass is 500 g/mol. The van der Waals surface area contributed by atoms with Crippen LogP contribution in [0.1, 0.15) is 39.5 Å². The maximum Gasteiger partial charge on any atom is 0.503 e. The van der Waals surface area contributed by atoms with Crippen molar-refractivity contribution >= 4 is 17.6 Å². The first-order valence-electron chi connectivity index (χ1n) is 11.1. The van der Waals surface area contributed by atoms with Gasteiger partial charge in [0.15, 0.2) is 0 Å². The van der Waals surface area contributed by atoms with Crippen molar-refractivity contribution in [2.75, 3.05) is 75.7 Å². The third-order valence-electron chi connectivity index (χ3n) is 5.98. The van der Waals surface area contributed by atoms with Gasteiger partial charge in [-0.1, -0.05) is 13.8 Å². The lowest BCUT2D eigenvalue weighted by atomic mass is 10.3. The third kappa shape index (κ3) is 8.06. The minimum Gasteiger partial charge on any atom is -0.381 e. The maximum absolute atomic E-state index is 5.74. The number of hydrogen-bond acceptors (Lipinski definition) is 10. The molecular formula is C20H44O10Si2. The molecular weight excluding hydrogens is 456 g/mol. The van der Waals surface area contributed by atoms with Gasteiger partial charge in [-0.25, -0.2) is 0 Å². The Balaban J connectivity index is 0.000000461. The van der Waals surface area contributed by atoms with E-state index in [2.05, 4.69) is 13.8 Å². The second-order valence-electron chi connectivity index (χ2n) is 7.76. The van der Waals surface area contributed by atoms with Crippen molar-refractivity contribution in [3.8, 4) is 0 Å². The SMILES string of the molecule is C1COC2(C1)OCCO2.CO[Si](OC)(OC)C(C)CCOCCC(C)[Si](OC)(OC)OC. The highest BCUT2D eigenvalue weighted by Crippen LogP contribution is 2.31. The first-order valence-corrected chi connectivity index (χ1v) is 14.7. The van der Waals surface area contributed by atoms with Gasteiger partial charge < -0.3 is 45.5 Å². The summed E-state index contributed by atoms with van der Waals surface area (Å²) in [6.07, 6.45) is 3.59. The molecule has 2 rings (SSSR count). The Morgan fingerprint density at radius 3 is 1.34 bits per heavy atom. The van der Waals surface area contributed by atoms with E-state index in [4.69, 9.17) is 45.5 Å². The van der Waals surface area contributed by atoms with E-state index >= 15 is 0 Å². The molecule has 0 aromatic carbocycles. The summed E-state index contributed by atoms with van der Waals surface area (Å²) >= 11 is 0. The molecule has 32 heavy (non-hydrogen) atoms. The number of hydrogen-bond donors (Lipinski definition) is 0. The molecule has 12 heteroatoms. The van der Waals surface area contributed by atoms with Crippen LogP contribution in [0, 0.1) is 0 Å². The highest BCUT2D eigenvalue weighted by atomic mass is 28.4. The zero-order chi connectivity index (χ0) is 24.1. The summed E-state index contributed by atoms with van der Waals surface area (Å²) < 4.78 is 54.4. The molecule has 2 aliphatic heterocycles. The molecule has 0 saturated carbocycles. The van der Waals surface area contributed by atoms with Crippen LogP contribution in [0.4, 0.5) is 0 Å². The van der Waals surface area contributed by atoms with Crippen molar-refractivity contribution in [2.24, 2.45) is 0 Å². The second kappa shape index (κ2) is 15.1. The van der Waals surface area contributed by atoms with Gasteiger partial charge in [0.2, 0.25) is 0 Å². The van der Waals surface area contributed by atoms with E-state index < -0.39 is 23.6 Å². The van der Waals surface area contributed by atoms with Gasteiger partial charge in [0.05, 0.1) is 19.8 Å². The molecule has 2 aliphatic rings. The molecule has 0 aromatic rings. The lowest BCUT2D eigenvalue weighted by molar-refractivity contribution is -0.307. The normalized spacial score (nSPS) is 20.2. The van der Waals surface area contributed by atoms with E-state index in [0.717, 1.165) is 32.3 Å². The van der Waals surface area contributed by atoms with Crippen molar-refractivity contribution in [2.45, 2.75) is 56.6 Å². The quantitative estimate of drug-likeness (QED) is 0.262. The van der Waals surface area contributed by atoms with Crippen LogP contribution in [0.5, 0.6) is 0 Å². The first-order chi connectivity index (χ1) is 15.3. The van der Waals surface area contributed by atoms with Crippen LogP contribution in [0.2, 0.25) is 11.1 Å². The fraction of sp³-hybridized carbons (Fsp3) is 1.00. The van der Waals surface area contributed by atoms with Crippen molar-refractivity contribution in [1.29, 1.82) is 0 Å². The molecule has 2 unspecified atom stereocenters. The van der Waals surface area contributed by atoms with Crippen LogP contribution in [0.25, 0.3) is 0 Å². The van der Waals surface area contributed by atoms with E-state index in [1.807, 2.05) is 0 Å². The van der Waals surface area contributed by atoms with Gasteiger partial charge in [0.1, 0.15) is 0 Å². The predicted molar refractivity (Wildman–Crippen MR) is 122 cm³/mol. The minimum absolute atomic E-state index is 0.172. The Labute approximate surface area is 195 Å². The molecule has 0 amide bonds. The Morgan fingerprint density at radius 1 is 0.656 bits per heavy atom. The summed E-state index contributed by atoms with van der Waals surface area (Å²) in [5.74, 6) is -0.611. The average molecular weight is 501 g/mol. The summed E-state index contributed by atoms with van der Waals surface area (Å²) in [7, 11) is 4.60. The standard InChI is InChI=1S/C14H34O7Si2.C6H10O3/c1-13(22(15-3,16-4)17-5)9-11-21-12-10-14(2)23(18-6,19-7)20-8;1-2-6(7-3-1)8-4-5-9-6/h13-14H,9-12H2,1-8H3;1-5H2. The van der Waals surface area contributed by atoms with Crippen molar-refractivity contribution in [1.82, 2.24) is 0 Å². The van der Waals surface area contributed by atoms with Crippen molar-refractivity contribution < 1.29 is 45.5 Å². The molecule has 0 aliphatic carbocycles. The van der Waals surface area contributed by atoms with Gasteiger partial charge in [0.25, 0.3) is 5.97 Å². The molecule has 192 valence electrons. The molecule has 0 bridgehead atoms. The number of ether oxygens (including phenoxy) is 4. The van der Waals surface area contributed by atoms with Crippen LogP contribution in [0.15, 0.2) is 0 Å².